The second-order valence-electron chi connectivity index (χ2n) is 3.24. The van der Waals surface area contributed by atoms with Gasteiger partial charge in [0.25, 0.3) is 0 Å². The average Bonchev–Trinajstić information content (AvgIpc) is 2.86. The van der Waals surface area contributed by atoms with Gasteiger partial charge in [-0.25, -0.2) is 0 Å². The highest BCUT2D eigenvalue weighted by Gasteiger charge is 2.09. The van der Waals surface area contributed by atoms with Crippen LogP contribution >= 0.6 is 23.1 Å². The normalized spacial score (nSPS) is 10.6. The molecule has 0 saturated carbocycles. The van der Waals surface area contributed by atoms with Crippen molar-refractivity contribution < 1.29 is 9.90 Å². The van der Waals surface area contributed by atoms with Gasteiger partial charge in [0.15, 0.2) is 9.35 Å². The van der Waals surface area contributed by atoms with E-state index in [0.717, 1.165) is 15.0 Å². The van der Waals surface area contributed by atoms with Crippen LogP contribution in [0.3, 0.4) is 0 Å². The molecule has 0 aromatic carbocycles. The van der Waals surface area contributed by atoms with Crippen molar-refractivity contribution in [2.75, 3.05) is 5.75 Å². The van der Waals surface area contributed by atoms with E-state index >= 15 is 0 Å². The third kappa shape index (κ3) is 3.27. The number of aliphatic carboxylic acids is 1. The fourth-order valence-electron chi connectivity index (χ4n) is 1.13. The summed E-state index contributed by atoms with van der Waals surface area (Å²) < 4.78 is 2.47. The Labute approximate surface area is 106 Å². The number of aromatic nitrogens is 4. The summed E-state index contributed by atoms with van der Waals surface area (Å²) in [5.74, 6) is -0.293. The van der Waals surface area contributed by atoms with Crippen molar-refractivity contribution in [3.63, 3.8) is 0 Å². The van der Waals surface area contributed by atoms with Gasteiger partial charge in [-0.05, 0) is 6.07 Å². The van der Waals surface area contributed by atoms with Crippen molar-refractivity contribution in [1.29, 1.82) is 0 Å². The molecular weight excluding hydrogens is 260 g/mol. The lowest BCUT2D eigenvalue weighted by Gasteiger charge is -1.91. The second-order valence-corrected chi connectivity index (χ2v) is 5.56. The van der Waals surface area contributed by atoms with Crippen LogP contribution in [0.25, 0.3) is 10.7 Å². The fraction of sp³-hybridized carbons (Fsp3) is 0.333. The monoisotopic (exact) mass is 270 g/mol. The highest BCUT2D eigenvalue weighted by Crippen LogP contribution is 2.28. The van der Waals surface area contributed by atoms with Crippen LogP contribution in [0, 0.1) is 0 Å². The average molecular weight is 270 g/mol. The first-order valence-electron chi connectivity index (χ1n) is 4.83. The van der Waals surface area contributed by atoms with E-state index in [2.05, 4.69) is 15.3 Å². The predicted octanol–water partition coefficient (Wildman–Crippen LogP) is 1.51. The molecule has 2 aromatic heterocycles. The minimum atomic E-state index is -0.799. The van der Waals surface area contributed by atoms with Crippen LogP contribution in [0.4, 0.5) is 0 Å². The molecule has 2 aromatic rings. The molecular formula is C9H10N4O2S2. The third-order valence-corrected chi connectivity index (χ3v) is 3.96. The third-order valence-electron chi connectivity index (χ3n) is 1.88. The van der Waals surface area contributed by atoms with Gasteiger partial charge in [-0.15, -0.1) is 10.2 Å². The highest BCUT2D eigenvalue weighted by molar-refractivity contribution is 8.01. The van der Waals surface area contributed by atoms with Crippen LogP contribution < -0.4 is 0 Å². The Hall–Kier alpha value is -1.41. The minimum Gasteiger partial charge on any atom is -0.481 e. The molecule has 90 valence electrons. The van der Waals surface area contributed by atoms with Crippen LogP contribution in [0.15, 0.2) is 16.6 Å². The smallest absolute Gasteiger partial charge is 0.304 e. The Morgan fingerprint density at radius 1 is 1.59 bits per heavy atom. The SMILES string of the molecule is Cn1ccc(-c2nnc(SCCC(=O)O)s2)n1. The number of hydrogen-bond acceptors (Lipinski definition) is 6. The molecule has 0 radical (unpaired) electrons. The summed E-state index contributed by atoms with van der Waals surface area (Å²) in [6.07, 6.45) is 1.97. The number of thioether (sulfide) groups is 1. The van der Waals surface area contributed by atoms with Crippen LogP contribution in [0.2, 0.25) is 0 Å². The van der Waals surface area contributed by atoms with E-state index in [0.29, 0.717) is 5.75 Å². The molecule has 0 aliphatic rings. The first-order valence-corrected chi connectivity index (χ1v) is 6.63. The van der Waals surface area contributed by atoms with E-state index in [1.807, 2.05) is 19.3 Å². The molecule has 0 bridgehead atoms. The van der Waals surface area contributed by atoms with Crippen LogP contribution in [0.5, 0.6) is 0 Å². The Bertz CT molecular complexity index is 523. The number of carboxylic acids is 1. The summed E-state index contributed by atoms with van der Waals surface area (Å²) >= 11 is 2.82. The largest absolute Gasteiger partial charge is 0.481 e. The van der Waals surface area contributed by atoms with Gasteiger partial charge in [-0.1, -0.05) is 23.1 Å². The summed E-state index contributed by atoms with van der Waals surface area (Å²) in [6.45, 7) is 0. The molecule has 0 aliphatic carbocycles. The lowest BCUT2D eigenvalue weighted by Crippen LogP contribution is -1.95. The lowest BCUT2D eigenvalue weighted by molar-refractivity contribution is -0.136. The van der Waals surface area contributed by atoms with Gasteiger partial charge in [0, 0.05) is 19.0 Å². The zero-order chi connectivity index (χ0) is 12.3. The number of carbonyl (C=O) groups is 1. The predicted molar refractivity (Wildman–Crippen MR) is 65.1 cm³/mol. The topological polar surface area (TPSA) is 80.9 Å². The number of nitrogens with zero attached hydrogens (tertiary/aromatic N) is 4. The molecule has 0 aliphatic heterocycles. The van der Waals surface area contributed by atoms with E-state index in [4.69, 9.17) is 5.11 Å². The van der Waals surface area contributed by atoms with E-state index in [-0.39, 0.29) is 6.42 Å². The number of hydrogen-bond donors (Lipinski definition) is 1. The standard InChI is InChI=1S/C9H10N4O2S2/c1-13-4-2-6(12-13)8-10-11-9(17-8)16-5-3-7(14)15/h2,4H,3,5H2,1H3,(H,14,15). The van der Waals surface area contributed by atoms with Crippen molar-refractivity contribution in [1.82, 2.24) is 20.0 Å². The van der Waals surface area contributed by atoms with E-state index in [1.54, 1.807) is 4.68 Å². The maximum atomic E-state index is 10.4. The zero-order valence-corrected chi connectivity index (χ0v) is 10.7. The van der Waals surface area contributed by atoms with Gasteiger partial charge >= 0.3 is 5.97 Å². The van der Waals surface area contributed by atoms with E-state index in [1.165, 1.54) is 23.1 Å². The Morgan fingerprint density at radius 2 is 2.41 bits per heavy atom. The van der Waals surface area contributed by atoms with Gasteiger partial charge in [0.2, 0.25) is 0 Å². The number of aryl methyl sites for hydroxylation is 1. The van der Waals surface area contributed by atoms with Crippen molar-refractivity contribution >= 4 is 29.1 Å². The van der Waals surface area contributed by atoms with Crippen molar-refractivity contribution in [2.45, 2.75) is 10.8 Å². The van der Waals surface area contributed by atoms with Crippen LogP contribution in [-0.4, -0.2) is 36.8 Å². The summed E-state index contributed by atoms with van der Waals surface area (Å²) in [6, 6.07) is 1.87. The molecule has 0 atom stereocenters. The van der Waals surface area contributed by atoms with E-state index < -0.39 is 5.97 Å². The zero-order valence-electron chi connectivity index (χ0n) is 9.03. The lowest BCUT2D eigenvalue weighted by atomic mass is 10.5. The van der Waals surface area contributed by atoms with Crippen molar-refractivity contribution in [3.05, 3.63) is 12.3 Å². The summed E-state index contributed by atoms with van der Waals surface area (Å²) in [5.41, 5.74) is 0.787. The summed E-state index contributed by atoms with van der Waals surface area (Å²) in [4.78, 5) is 10.4. The maximum absolute atomic E-state index is 10.4. The Morgan fingerprint density at radius 3 is 3.06 bits per heavy atom. The molecule has 8 heteroatoms. The minimum absolute atomic E-state index is 0.128. The maximum Gasteiger partial charge on any atom is 0.304 e. The second kappa shape index (κ2) is 5.28. The number of rotatable bonds is 5. The van der Waals surface area contributed by atoms with Gasteiger partial charge in [0.05, 0.1) is 6.42 Å². The quantitative estimate of drug-likeness (QED) is 0.829. The molecule has 0 spiro atoms. The molecule has 0 amide bonds. The Kier molecular flexibility index (Phi) is 3.75. The van der Waals surface area contributed by atoms with Gasteiger partial charge in [-0.2, -0.15) is 5.10 Å². The molecule has 1 N–H and O–H groups in total. The first kappa shape index (κ1) is 12.1. The van der Waals surface area contributed by atoms with Gasteiger partial charge in [-0.3, -0.25) is 9.48 Å². The van der Waals surface area contributed by atoms with Crippen molar-refractivity contribution in [3.8, 4) is 10.7 Å². The summed E-state index contributed by atoms with van der Waals surface area (Å²) in [5, 5.41) is 21.5. The molecule has 2 heterocycles. The fourth-order valence-corrected chi connectivity index (χ4v) is 2.94. The summed E-state index contributed by atoms with van der Waals surface area (Å²) in [7, 11) is 1.84. The van der Waals surface area contributed by atoms with Gasteiger partial charge in [0.1, 0.15) is 5.69 Å². The molecule has 2 rings (SSSR count). The molecule has 17 heavy (non-hydrogen) atoms. The molecule has 6 nitrogen and oxygen atoms in total. The molecule has 0 saturated heterocycles. The molecule has 0 unspecified atom stereocenters. The Balaban J connectivity index is 1.98. The first-order chi connectivity index (χ1) is 8.15. The molecule has 0 fully saturated rings. The number of carboxylic acid groups (broad SMARTS) is 1. The van der Waals surface area contributed by atoms with Crippen LogP contribution in [0.1, 0.15) is 6.42 Å². The van der Waals surface area contributed by atoms with E-state index in [9.17, 15) is 4.79 Å². The van der Waals surface area contributed by atoms with Gasteiger partial charge < -0.3 is 5.11 Å². The van der Waals surface area contributed by atoms with Crippen molar-refractivity contribution in [2.24, 2.45) is 7.05 Å². The highest BCUT2D eigenvalue weighted by atomic mass is 32.2. The van der Waals surface area contributed by atoms with Crippen LogP contribution in [-0.2, 0) is 11.8 Å².